The molecular formula is C18H30N2O8S2. The molecule has 2 N–H and O–H groups in total. The van der Waals surface area contributed by atoms with Crippen molar-refractivity contribution in [1.29, 1.82) is 0 Å². The highest BCUT2D eigenvalue weighted by molar-refractivity contribution is 7.89. The average Bonchev–Trinajstić information content (AvgIpc) is 2.61. The first kappa shape index (κ1) is 24.8. The van der Waals surface area contributed by atoms with Crippen molar-refractivity contribution in [2.75, 3.05) is 12.5 Å². The third-order valence-electron chi connectivity index (χ3n) is 5.03. The third-order valence-corrected chi connectivity index (χ3v) is 6.55. The van der Waals surface area contributed by atoms with E-state index in [2.05, 4.69) is 9.44 Å². The summed E-state index contributed by atoms with van der Waals surface area (Å²) in [6.07, 6.45) is 8.14. The van der Waals surface area contributed by atoms with Crippen LogP contribution in [0.4, 0.5) is 0 Å². The molecule has 172 valence electrons. The Hall–Kier alpha value is -1.50. The first-order valence-electron chi connectivity index (χ1n) is 9.93. The van der Waals surface area contributed by atoms with Crippen LogP contribution in [-0.2, 0) is 39.1 Å². The van der Waals surface area contributed by atoms with Gasteiger partial charge in [-0.1, -0.05) is 0 Å². The summed E-state index contributed by atoms with van der Waals surface area (Å²) >= 11 is 0. The van der Waals surface area contributed by atoms with Crippen LogP contribution >= 0.6 is 0 Å². The van der Waals surface area contributed by atoms with E-state index >= 15 is 0 Å². The molecule has 2 rings (SSSR count). The second kappa shape index (κ2) is 10.7. The summed E-state index contributed by atoms with van der Waals surface area (Å²) in [5, 5.41) is 0. The van der Waals surface area contributed by atoms with Gasteiger partial charge in [0.05, 0.1) is 12.5 Å². The highest BCUT2D eigenvalue weighted by atomic mass is 32.2. The van der Waals surface area contributed by atoms with Gasteiger partial charge in [0.25, 0.3) is 0 Å². The number of ether oxygens (including phenoxy) is 2. The molecule has 30 heavy (non-hydrogen) atoms. The van der Waals surface area contributed by atoms with E-state index in [9.17, 15) is 26.4 Å². The van der Waals surface area contributed by atoms with Gasteiger partial charge in [0.1, 0.15) is 12.2 Å². The summed E-state index contributed by atoms with van der Waals surface area (Å²) in [5.41, 5.74) is 0. The van der Waals surface area contributed by atoms with Crippen LogP contribution in [0.3, 0.4) is 0 Å². The van der Waals surface area contributed by atoms with Crippen LogP contribution in [0.5, 0.6) is 0 Å². The number of hydrogen-bond acceptors (Lipinski definition) is 8. The van der Waals surface area contributed by atoms with Gasteiger partial charge < -0.3 is 9.47 Å². The summed E-state index contributed by atoms with van der Waals surface area (Å²) in [7, 11) is -6.51. The van der Waals surface area contributed by atoms with Crippen molar-refractivity contribution in [2.24, 2.45) is 0 Å². The molecule has 2 aliphatic rings. The Bertz CT molecular complexity index is 767. The lowest BCUT2D eigenvalue weighted by atomic mass is 9.94. The quantitative estimate of drug-likeness (QED) is 0.385. The monoisotopic (exact) mass is 466 g/mol. The predicted octanol–water partition coefficient (Wildman–Crippen LogP) is 0.350. The largest absolute Gasteiger partial charge is 0.459 e. The molecule has 0 bridgehead atoms. The molecule has 0 radical (unpaired) electrons. The van der Waals surface area contributed by atoms with Gasteiger partial charge in [-0.2, -0.15) is 0 Å². The molecular weight excluding hydrogens is 436 g/mol. The number of hydrogen-bond donors (Lipinski definition) is 2. The molecule has 0 aromatic rings. The Labute approximate surface area is 177 Å². The summed E-state index contributed by atoms with van der Waals surface area (Å²) in [5.74, 6) is -1.29. The van der Waals surface area contributed by atoms with Crippen LogP contribution in [0.15, 0.2) is 12.2 Å². The molecule has 0 aliphatic heterocycles. The molecule has 0 saturated heterocycles. The van der Waals surface area contributed by atoms with Crippen LogP contribution in [0, 0.1) is 0 Å². The molecule has 0 amide bonds. The number of nitrogens with one attached hydrogen (secondary N) is 2. The van der Waals surface area contributed by atoms with E-state index in [4.69, 9.17) is 9.47 Å². The van der Waals surface area contributed by atoms with Gasteiger partial charge in [-0.15, -0.1) is 0 Å². The average molecular weight is 467 g/mol. The van der Waals surface area contributed by atoms with Gasteiger partial charge in [-0.25, -0.2) is 35.9 Å². The SMILES string of the molecule is CS(=O)(=O)NC1CCC(OC(=O)/C=C/C(=O)OC2CCC(NS(C)(=O)=O)CC2)CC1. The Balaban J connectivity index is 1.66. The Morgan fingerprint density at radius 1 is 0.667 bits per heavy atom. The van der Waals surface area contributed by atoms with Crippen molar-refractivity contribution in [3.05, 3.63) is 12.2 Å². The third kappa shape index (κ3) is 10.0. The fourth-order valence-corrected chi connectivity index (χ4v) is 5.43. The summed E-state index contributed by atoms with van der Waals surface area (Å²) in [6, 6.07) is -0.300. The smallest absolute Gasteiger partial charge is 0.331 e. The van der Waals surface area contributed by atoms with E-state index in [1.807, 2.05) is 0 Å². The molecule has 10 nitrogen and oxygen atoms in total. The highest BCUT2D eigenvalue weighted by Crippen LogP contribution is 2.23. The van der Waals surface area contributed by atoms with Crippen molar-refractivity contribution >= 4 is 32.0 Å². The van der Waals surface area contributed by atoms with Gasteiger partial charge in [0, 0.05) is 24.2 Å². The number of carbonyl (C=O) groups is 2. The minimum atomic E-state index is -3.26. The topological polar surface area (TPSA) is 145 Å². The van der Waals surface area contributed by atoms with Crippen LogP contribution in [0.2, 0.25) is 0 Å². The normalized spacial score (nSPS) is 28.2. The molecule has 0 unspecified atom stereocenters. The zero-order valence-corrected chi connectivity index (χ0v) is 18.8. The molecule has 0 spiro atoms. The maximum Gasteiger partial charge on any atom is 0.331 e. The van der Waals surface area contributed by atoms with E-state index in [1.54, 1.807) is 0 Å². The molecule has 2 fully saturated rings. The number of esters is 2. The second-order valence-electron chi connectivity index (χ2n) is 7.93. The maximum atomic E-state index is 11.9. The first-order chi connectivity index (χ1) is 13.9. The van der Waals surface area contributed by atoms with Gasteiger partial charge in [-0.3, -0.25) is 0 Å². The van der Waals surface area contributed by atoms with Crippen LogP contribution < -0.4 is 9.44 Å². The first-order valence-corrected chi connectivity index (χ1v) is 13.7. The van der Waals surface area contributed by atoms with Crippen molar-refractivity contribution in [1.82, 2.24) is 9.44 Å². The number of rotatable bonds is 8. The molecule has 2 aliphatic carbocycles. The van der Waals surface area contributed by atoms with Gasteiger partial charge in [0.15, 0.2) is 0 Å². The minimum absolute atomic E-state index is 0.150. The fraction of sp³-hybridized carbons (Fsp3) is 0.778. The molecule has 2 saturated carbocycles. The van der Waals surface area contributed by atoms with Gasteiger partial charge >= 0.3 is 11.9 Å². The standard InChI is InChI=1S/C18H30N2O8S2/c1-29(23,24)19-13-3-7-15(8-4-13)27-17(21)11-12-18(22)28-16-9-5-14(6-10-16)20-30(2,25)26/h11-16,19-20H,3-10H2,1-2H3/b12-11+. The number of sulfonamides is 2. The van der Waals surface area contributed by atoms with Crippen molar-refractivity contribution < 1.29 is 35.9 Å². The lowest BCUT2D eigenvalue weighted by Crippen LogP contribution is -2.38. The van der Waals surface area contributed by atoms with E-state index in [0.717, 1.165) is 24.7 Å². The molecule has 0 atom stereocenters. The predicted molar refractivity (Wildman–Crippen MR) is 109 cm³/mol. The highest BCUT2D eigenvalue weighted by Gasteiger charge is 2.26. The molecule has 0 aromatic heterocycles. The van der Waals surface area contributed by atoms with Crippen LogP contribution in [-0.4, -0.2) is 65.6 Å². The summed E-state index contributed by atoms with van der Waals surface area (Å²) < 4.78 is 60.7. The van der Waals surface area contributed by atoms with Gasteiger partial charge in [0.2, 0.25) is 20.0 Å². The fourth-order valence-electron chi connectivity index (χ4n) is 3.75. The summed E-state index contributed by atoms with van der Waals surface area (Å²) in [4.78, 5) is 23.8. The molecule has 12 heteroatoms. The zero-order valence-electron chi connectivity index (χ0n) is 17.2. The van der Waals surface area contributed by atoms with Crippen molar-refractivity contribution in [3.63, 3.8) is 0 Å². The Kier molecular flexibility index (Phi) is 8.83. The Morgan fingerprint density at radius 3 is 1.23 bits per heavy atom. The van der Waals surface area contributed by atoms with Crippen LogP contribution in [0.1, 0.15) is 51.4 Å². The molecule has 0 heterocycles. The maximum absolute atomic E-state index is 11.9. The van der Waals surface area contributed by atoms with Gasteiger partial charge in [-0.05, 0) is 51.4 Å². The van der Waals surface area contributed by atoms with E-state index in [1.165, 1.54) is 0 Å². The zero-order chi connectivity index (χ0) is 22.4. The van der Waals surface area contributed by atoms with E-state index < -0.39 is 32.0 Å². The second-order valence-corrected chi connectivity index (χ2v) is 11.5. The lowest BCUT2D eigenvalue weighted by Gasteiger charge is -2.28. The van der Waals surface area contributed by atoms with E-state index in [-0.39, 0.29) is 24.3 Å². The van der Waals surface area contributed by atoms with E-state index in [0.29, 0.717) is 51.4 Å². The minimum Gasteiger partial charge on any atom is -0.459 e. The van der Waals surface area contributed by atoms with Crippen molar-refractivity contribution in [3.8, 4) is 0 Å². The Morgan fingerprint density at radius 2 is 0.967 bits per heavy atom. The van der Waals surface area contributed by atoms with Crippen molar-refractivity contribution in [2.45, 2.75) is 75.7 Å². The number of carbonyl (C=O) groups excluding carboxylic acids is 2. The lowest BCUT2D eigenvalue weighted by molar-refractivity contribution is -0.147. The van der Waals surface area contributed by atoms with Crippen LogP contribution in [0.25, 0.3) is 0 Å². The molecule has 0 aromatic carbocycles. The summed E-state index contributed by atoms with van der Waals surface area (Å²) in [6.45, 7) is 0.